The SMILES string of the molecule is Cc1cc(Nc2nccc(C(F)F)n2)cc(-c2cnn(CC3CCC3)c2)c1. The molecule has 1 aliphatic carbocycles. The Balaban J connectivity index is 1.55. The minimum atomic E-state index is -2.62. The van der Waals surface area contributed by atoms with E-state index in [1.807, 2.05) is 29.9 Å². The topological polar surface area (TPSA) is 55.6 Å². The Morgan fingerprint density at radius 1 is 1.22 bits per heavy atom. The highest BCUT2D eigenvalue weighted by Gasteiger charge is 2.18. The maximum atomic E-state index is 12.8. The average molecular weight is 369 g/mol. The Kier molecular flexibility index (Phi) is 4.83. The number of anilines is 2. The molecule has 0 amide bonds. The first-order chi connectivity index (χ1) is 13.1. The lowest BCUT2D eigenvalue weighted by atomic mass is 9.85. The summed E-state index contributed by atoms with van der Waals surface area (Å²) in [6.45, 7) is 2.95. The molecule has 2 aromatic heterocycles. The highest BCUT2D eigenvalue weighted by atomic mass is 19.3. The zero-order chi connectivity index (χ0) is 18.8. The standard InChI is InChI=1S/C20H21F2N5/c1-13-7-15(16-10-24-27(12-16)11-14-3-2-4-14)9-17(8-13)25-20-23-6-5-18(26-20)19(21)22/h5-10,12,14,19H,2-4,11H2,1H3,(H,23,25,26). The third-order valence-corrected chi connectivity index (χ3v) is 4.87. The fourth-order valence-electron chi connectivity index (χ4n) is 3.26. The van der Waals surface area contributed by atoms with Crippen molar-refractivity contribution >= 4 is 11.6 Å². The Morgan fingerprint density at radius 3 is 2.81 bits per heavy atom. The first-order valence-electron chi connectivity index (χ1n) is 9.09. The van der Waals surface area contributed by atoms with Gasteiger partial charge in [0.05, 0.1) is 6.20 Å². The normalized spacial score (nSPS) is 14.4. The summed E-state index contributed by atoms with van der Waals surface area (Å²) in [5.74, 6) is 0.900. The summed E-state index contributed by atoms with van der Waals surface area (Å²) in [4.78, 5) is 7.89. The Bertz CT molecular complexity index is 934. The van der Waals surface area contributed by atoms with E-state index in [4.69, 9.17) is 0 Å². The van der Waals surface area contributed by atoms with Gasteiger partial charge in [0.15, 0.2) is 0 Å². The molecule has 1 N–H and O–H groups in total. The van der Waals surface area contributed by atoms with E-state index in [-0.39, 0.29) is 11.6 Å². The van der Waals surface area contributed by atoms with E-state index in [0.29, 0.717) is 0 Å². The van der Waals surface area contributed by atoms with Crippen LogP contribution in [0.25, 0.3) is 11.1 Å². The van der Waals surface area contributed by atoms with Crippen molar-refractivity contribution in [2.45, 2.75) is 39.2 Å². The van der Waals surface area contributed by atoms with Gasteiger partial charge in [-0.2, -0.15) is 5.10 Å². The Morgan fingerprint density at radius 2 is 2.07 bits per heavy atom. The van der Waals surface area contributed by atoms with Gasteiger partial charge in [-0.25, -0.2) is 18.7 Å². The van der Waals surface area contributed by atoms with Gasteiger partial charge in [0.1, 0.15) is 5.69 Å². The maximum absolute atomic E-state index is 12.8. The molecule has 0 spiro atoms. The van der Waals surface area contributed by atoms with Gasteiger partial charge in [-0.1, -0.05) is 12.5 Å². The van der Waals surface area contributed by atoms with Crippen LogP contribution in [0.3, 0.4) is 0 Å². The lowest BCUT2D eigenvalue weighted by molar-refractivity contribution is 0.146. The summed E-state index contributed by atoms with van der Waals surface area (Å²) < 4.78 is 27.7. The smallest absolute Gasteiger partial charge is 0.280 e. The van der Waals surface area contributed by atoms with Crippen molar-refractivity contribution in [1.82, 2.24) is 19.7 Å². The van der Waals surface area contributed by atoms with Crippen LogP contribution in [0.5, 0.6) is 0 Å². The fourth-order valence-corrected chi connectivity index (χ4v) is 3.26. The summed E-state index contributed by atoms with van der Waals surface area (Å²) in [7, 11) is 0. The molecule has 140 valence electrons. The van der Waals surface area contributed by atoms with Gasteiger partial charge in [-0.15, -0.1) is 0 Å². The number of aromatic nitrogens is 4. The molecule has 0 bridgehead atoms. The molecule has 1 fully saturated rings. The zero-order valence-corrected chi connectivity index (χ0v) is 15.1. The molecule has 5 nitrogen and oxygen atoms in total. The van der Waals surface area contributed by atoms with Crippen molar-refractivity contribution in [2.24, 2.45) is 5.92 Å². The van der Waals surface area contributed by atoms with Crippen molar-refractivity contribution in [1.29, 1.82) is 0 Å². The summed E-state index contributed by atoms with van der Waals surface area (Å²) in [5.41, 5.74) is 3.55. The molecule has 27 heavy (non-hydrogen) atoms. The number of halogens is 2. The van der Waals surface area contributed by atoms with Crippen LogP contribution in [0.4, 0.5) is 20.4 Å². The fraction of sp³-hybridized carbons (Fsp3) is 0.350. The van der Waals surface area contributed by atoms with E-state index in [1.165, 1.54) is 31.5 Å². The van der Waals surface area contributed by atoms with Gasteiger partial charge in [0.2, 0.25) is 5.95 Å². The molecule has 7 heteroatoms. The number of alkyl halides is 2. The predicted molar refractivity (Wildman–Crippen MR) is 100 cm³/mol. The van der Waals surface area contributed by atoms with Gasteiger partial charge < -0.3 is 5.32 Å². The van der Waals surface area contributed by atoms with Crippen LogP contribution in [0.15, 0.2) is 42.9 Å². The molecule has 0 aliphatic heterocycles. The summed E-state index contributed by atoms with van der Waals surface area (Å²) in [6.07, 6.45) is 6.52. The quantitative estimate of drug-likeness (QED) is 0.654. The maximum Gasteiger partial charge on any atom is 0.280 e. The lowest BCUT2D eigenvalue weighted by Crippen LogP contribution is -2.18. The van der Waals surface area contributed by atoms with Crippen molar-refractivity contribution in [3.63, 3.8) is 0 Å². The van der Waals surface area contributed by atoms with E-state index in [9.17, 15) is 8.78 Å². The number of hydrogen-bond acceptors (Lipinski definition) is 4. The third kappa shape index (κ3) is 4.13. The number of nitrogens with one attached hydrogen (secondary N) is 1. The number of rotatable bonds is 6. The minimum absolute atomic E-state index is 0.157. The highest BCUT2D eigenvalue weighted by Crippen LogP contribution is 2.29. The van der Waals surface area contributed by atoms with Crippen LogP contribution in [0.2, 0.25) is 0 Å². The van der Waals surface area contributed by atoms with Crippen LogP contribution in [-0.4, -0.2) is 19.7 Å². The number of aryl methyl sites for hydroxylation is 1. The van der Waals surface area contributed by atoms with Crippen LogP contribution < -0.4 is 5.32 Å². The minimum Gasteiger partial charge on any atom is -0.324 e. The molecular formula is C20H21F2N5. The van der Waals surface area contributed by atoms with E-state index in [1.54, 1.807) is 0 Å². The number of nitrogens with zero attached hydrogens (tertiary/aromatic N) is 4. The molecule has 0 radical (unpaired) electrons. The number of hydrogen-bond donors (Lipinski definition) is 1. The predicted octanol–water partition coefficient (Wildman–Crippen LogP) is 5.13. The summed E-state index contributed by atoms with van der Waals surface area (Å²) in [6, 6.07) is 7.18. The van der Waals surface area contributed by atoms with Crippen molar-refractivity contribution < 1.29 is 8.78 Å². The molecule has 1 aromatic carbocycles. The Labute approximate surface area is 156 Å². The van der Waals surface area contributed by atoms with Gasteiger partial charge >= 0.3 is 0 Å². The van der Waals surface area contributed by atoms with E-state index < -0.39 is 6.43 Å². The van der Waals surface area contributed by atoms with E-state index in [2.05, 4.69) is 32.6 Å². The monoisotopic (exact) mass is 369 g/mol. The van der Waals surface area contributed by atoms with Gasteiger partial charge in [-0.3, -0.25) is 4.68 Å². The second-order valence-electron chi connectivity index (χ2n) is 7.07. The lowest BCUT2D eigenvalue weighted by Gasteiger charge is -2.24. The van der Waals surface area contributed by atoms with E-state index in [0.717, 1.165) is 34.8 Å². The molecule has 1 aliphatic rings. The van der Waals surface area contributed by atoms with Gasteiger partial charge in [-0.05, 0) is 55.0 Å². The number of benzene rings is 1. The summed E-state index contributed by atoms with van der Waals surface area (Å²) in [5, 5.41) is 7.50. The first kappa shape index (κ1) is 17.6. The van der Waals surface area contributed by atoms with Crippen LogP contribution in [0, 0.1) is 12.8 Å². The molecule has 2 heterocycles. The molecule has 0 saturated heterocycles. The van der Waals surface area contributed by atoms with Crippen LogP contribution in [0.1, 0.15) is 36.9 Å². The van der Waals surface area contributed by atoms with Gasteiger partial charge in [0, 0.05) is 30.2 Å². The van der Waals surface area contributed by atoms with Crippen LogP contribution >= 0.6 is 0 Å². The average Bonchev–Trinajstić information content (AvgIpc) is 3.07. The highest BCUT2D eigenvalue weighted by molar-refractivity contribution is 5.70. The van der Waals surface area contributed by atoms with Crippen molar-refractivity contribution in [2.75, 3.05) is 5.32 Å². The van der Waals surface area contributed by atoms with Gasteiger partial charge in [0.25, 0.3) is 6.43 Å². The molecule has 1 saturated carbocycles. The van der Waals surface area contributed by atoms with E-state index >= 15 is 0 Å². The molecule has 3 aromatic rings. The molecular weight excluding hydrogens is 348 g/mol. The second kappa shape index (κ2) is 7.42. The van der Waals surface area contributed by atoms with Crippen LogP contribution in [-0.2, 0) is 6.54 Å². The first-order valence-corrected chi connectivity index (χ1v) is 9.09. The van der Waals surface area contributed by atoms with Crippen molar-refractivity contribution in [3.05, 3.63) is 54.1 Å². The summed E-state index contributed by atoms with van der Waals surface area (Å²) >= 11 is 0. The molecule has 0 unspecified atom stereocenters. The largest absolute Gasteiger partial charge is 0.324 e. The zero-order valence-electron chi connectivity index (χ0n) is 15.1. The molecule has 4 rings (SSSR count). The third-order valence-electron chi connectivity index (χ3n) is 4.87. The van der Waals surface area contributed by atoms with Crippen molar-refractivity contribution in [3.8, 4) is 11.1 Å². The Hall–Kier alpha value is -2.83. The second-order valence-corrected chi connectivity index (χ2v) is 7.07. The molecule has 0 atom stereocenters.